The summed E-state index contributed by atoms with van der Waals surface area (Å²) in [7, 11) is 0. The molecule has 20 heavy (non-hydrogen) atoms. The van der Waals surface area contributed by atoms with Gasteiger partial charge in [-0.05, 0) is 38.3 Å². The maximum Gasteiger partial charge on any atom is 0.225 e. The summed E-state index contributed by atoms with van der Waals surface area (Å²) in [5, 5.41) is 10.5. The van der Waals surface area contributed by atoms with Crippen molar-refractivity contribution in [1.82, 2.24) is 15.1 Å². The van der Waals surface area contributed by atoms with Crippen LogP contribution in [0.25, 0.3) is 0 Å². The molecule has 1 amide bonds. The van der Waals surface area contributed by atoms with Gasteiger partial charge in [-0.3, -0.25) is 4.79 Å². The average Bonchev–Trinajstić information content (AvgIpc) is 3.05. The number of anilines is 1. The van der Waals surface area contributed by atoms with E-state index in [1.165, 1.54) is 6.42 Å². The second kappa shape index (κ2) is 8.97. The summed E-state index contributed by atoms with van der Waals surface area (Å²) in [6, 6.07) is 1.87. The van der Waals surface area contributed by atoms with Gasteiger partial charge in [0.05, 0.1) is 6.20 Å². The Morgan fingerprint density at radius 3 is 3.15 bits per heavy atom. The Bertz CT molecular complexity index is 402. The fraction of sp³-hybridized carbons (Fsp3) is 0.714. The van der Waals surface area contributed by atoms with Crippen LogP contribution in [0.15, 0.2) is 12.3 Å². The molecule has 1 atom stereocenters. The molecule has 1 fully saturated rings. The van der Waals surface area contributed by atoms with E-state index >= 15 is 0 Å². The SMILES string of the molecule is CCCCn1nccc1NC(=O)CCC1CCNC1.Cl. The Kier molecular flexibility index (Phi) is 7.62. The molecule has 0 radical (unpaired) electrons. The van der Waals surface area contributed by atoms with Crippen LogP contribution in [-0.2, 0) is 11.3 Å². The molecule has 2 heterocycles. The van der Waals surface area contributed by atoms with Gasteiger partial charge in [-0.1, -0.05) is 13.3 Å². The van der Waals surface area contributed by atoms with E-state index in [4.69, 9.17) is 0 Å². The van der Waals surface area contributed by atoms with Crippen molar-refractivity contribution in [3.8, 4) is 0 Å². The monoisotopic (exact) mass is 300 g/mol. The zero-order valence-corrected chi connectivity index (χ0v) is 12.9. The molecule has 0 aliphatic carbocycles. The van der Waals surface area contributed by atoms with E-state index in [2.05, 4.69) is 22.7 Å². The van der Waals surface area contributed by atoms with Gasteiger partial charge in [-0.2, -0.15) is 5.10 Å². The van der Waals surface area contributed by atoms with Crippen molar-refractivity contribution in [3.63, 3.8) is 0 Å². The predicted molar refractivity (Wildman–Crippen MR) is 83.2 cm³/mol. The van der Waals surface area contributed by atoms with E-state index in [0.29, 0.717) is 12.3 Å². The number of hydrogen-bond acceptors (Lipinski definition) is 3. The first-order chi connectivity index (χ1) is 9.29. The van der Waals surface area contributed by atoms with Crippen LogP contribution in [-0.4, -0.2) is 28.8 Å². The van der Waals surface area contributed by atoms with Crippen molar-refractivity contribution in [2.45, 2.75) is 45.6 Å². The van der Waals surface area contributed by atoms with Gasteiger partial charge in [0.15, 0.2) is 0 Å². The standard InChI is InChI=1S/C14H24N4O.ClH/c1-2-3-10-18-13(7-9-16-18)17-14(19)5-4-12-6-8-15-11-12;/h7,9,12,15H,2-6,8,10-11H2,1H3,(H,17,19);1H. The highest BCUT2D eigenvalue weighted by Crippen LogP contribution is 2.15. The normalized spacial score (nSPS) is 17.8. The van der Waals surface area contributed by atoms with Gasteiger partial charge < -0.3 is 10.6 Å². The van der Waals surface area contributed by atoms with Crippen LogP contribution in [0, 0.1) is 5.92 Å². The molecule has 114 valence electrons. The molecule has 1 saturated heterocycles. The summed E-state index contributed by atoms with van der Waals surface area (Å²) in [6.45, 7) is 5.17. The number of amides is 1. The first-order valence-corrected chi connectivity index (χ1v) is 7.32. The molecule has 1 aromatic heterocycles. The highest BCUT2D eigenvalue weighted by molar-refractivity contribution is 5.89. The first-order valence-electron chi connectivity index (χ1n) is 7.32. The van der Waals surface area contributed by atoms with Crippen molar-refractivity contribution in [2.75, 3.05) is 18.4 Å². The third kappa shape index (κ3) is 5.13. The van der Waals surface area contributed by atoms with E-state index in [1.54, 1.807) is 6.20 Å². The predicted octanol–water partition coefficient (Wildman–Crippen LogP) is 2.43. The van der Waals surface area contributed by atoms with E-state index in [-0.39, 0.29) is 18.3 Å². The number of halogens is 1. The Morgan fingerprint density at radius 2 is 2.45 bits per heavy atom. The van der Waals surface area contributed by atoms with Gasteiger partial charge in [-0.25, -0.2) is 4.68 Å². The molecule has 2 N–H and O–H groups in total. The zero-order chi connectivity index (χ0) is 13.5. The quantitative estimate of drug-likeness (QED) is 0.813. The third-order valence-corrected chi connectivity index (χ3v) is 3.65. The molecule has 1 aromatic rings. The maximum atomic E-state index is 11.9. The zero-order valence-electron chi connectivity index (χ0n) is 12.1. The maximum absolute atomic E-state index is 11.9. The summed E-state index contributed by atoms with van der Waals surface area (Å²) in [4.78, 5) is 11.9. The van der Waals surface area contributed by atoms with Crippen molar-refractivity contribution >= 4 is 24.1 Å². The first kappa shape index (κ1) is 17.0. The van der Waals surface area contributed by atoms with Gasteiger partial charge in [0, 0.05) is 19.0 Å². The van der Waals surface area contributed by atoms with Gasteiger partial charge in [0.2, 0.25) is 5.91 Å². The molecule has 5 nitrogen and oxygen atoms in total. The van der Waals surface area contributed by atoms with Crippen LogP contribution < -0.4 is 10.6 Å². The van der Waals surface area contributed by atoms with Gasteiger partial charge in [-0.15, -0.1) is 12.4 Å². The highest BCUT2D eigenvalue weighted by Gasteiger charge is 2.16. The molecule has 1 unspecified atom stereocenters. The summed E-state index contributed by atoms with van der Waals surface area (Å²) >= 11 is 0. The largest absolute Gasteiger partial charge is 0.316 e. The van der Waals surface area contributed by atoms with Crippen molar-refractivity contribution < 1.29 is 4.79 Å². The molecule has 2 rings (SSSR count). The molecular formula is C14H25ClN4O. The summed E-state index contributed by atoms with van der Waals surface area (Å²) < 4.78 is 1.87. The fourth-order valence-corrected chi connectivity index (χ4v) is 2.43. The van der Waals surface area contributed by atoms with Crippen molar-refractivity contribution in [2.24, 2.45) is 5.92 Å². The van der Waals surface area contributed by atoms with Gasteiger partial charge in [0.25, 0.3) is 0 Å². The Labute approximate surface area is 126 Å². The molecular weight excluding hydrogens is 276 g/mol. The Hall–Kier alpha value is -1.07. The van der Waals surface area contributed by atoms with E-state index in [9.17, 15) is 4.79 Å². The lowest BCUT2D eigenvalue weighted by atomic mass is 10.0. The van der Waals surface area contributed by atoms with Crippen LogP contribution in [0.2, 0.25) is 0 Å². The number of aromatic nitrogens is 2. The number of unbranched alkanes of at least 4 members (excludes halogenated alkanes) is 1. The van der Waals surface area contributed by atoms with Crippen molar-refractivity contribution in [3.05, 3.63) is 12.3 Å². The Morgan fingerprint density at radius 1 is 1.60 bits per heavy atom. The van der Waals surface area contributed by atoms with E-state index in [0.717, 1.165) is 44.7 Å². The molecule has 0 spiro atoms. The third-order valence-electron chi connectivity index (χ3n) is 3.65. The molecule has 1 aliphatic heterocycles. The second-order valence-electron chi connectivity index (χ2n) is 5.24. The minimum Gasteiger partial charge on any atom is -0.316 e. The van der Waals surface area contributed by atoms with Crippen LogP contribution >= 0.6 is 12.4 Å². The van der Waals surface area contributed by atoms with Crippen molar-refractivity contribution in [1.29, 1.82) is 0 Å². The fourth-order valence-electron chi connectivity index (χ4n) is 2.43. The molecule has 1 aliphatic rings. The van der Waals surface area contributed by atoms with Gasteiger partial charge in [0.1, 0.15) is 5.82 Å². The molecule has 0 saturated carbocycles. The topological polar surface area (TPSA) is 59.0 Å². The number of hydrogen-bond donors (Lipinski definition) is 2. The highest BCUT2D eigenvalue weighted by atomic mass is 35.5. The molecule has 6 heteroatoms. The summed E-state index contributed by atoms with van der Waals surface area (Å²) in [5.74, 6) is 1.59. The van der Waals surface area contributed by atoms with Crippen LogP contribution in [0.5, 0.6) is 0 Å². The molecule has 0 bridgehead atoms. The number of nitrogens with zero attached hydrogens (tertiary/aromatic N) is 2. The second-order valence-corrected chi connectivity index (χ2v) is 5.24. The minimum atomic E-state index is 0. The van der Waals surface area contributed by atoms with E-state index < -0.39 is 0 Å². The summed E-state index contributed by atoms with van der Waals surface area (Å²) in [5.41, 5.74) is 0. The number of aryl methyl sites for hydroxylation is 1. The lowest BCUT2D eigenvalue weighted by molar-refractivity contribution is -0.116. The number of carbonyl (C=O) groups excluding carboxylic acids is 1. The number of carbonyl (C=O) groups is 1. The van der Waals surface area contributed by atoms with Crippen LogP contribution in [0.4, 0.5) is 5.82 Å². The summed E-state index contributed by atoms with van der Waals surface area (Å²) in [6.07, 6.45) is 6.72. The smallest absolute Gasteiger partial charge is 0.225 e. The number of rotatable bonds is 7. The van der Waals surface area contributed by atoms with E-state index in [1.807, 2.05) is 10.7 Å². The Balaban J connectivity index is 0.00000200. The lowest BCUT2D eigenvalue weighted by Crippen LogP contribution is -2.17. The van der Waals surface area contributed by atoms with Crippen LogP contribution in [0.3, 0.4) is 0 Å². The lowest BCUT2D eigenvalue weighted by Gasteiger charge is -2.10. The molecule has 0 aromatic carbocycles. The minimum absolute atomic E-state index is 0. The number of nitrogens with one attached hydrogen (secondary N) is 2. The van der Waals surface area contributed by atoms with Gasteiger partial charge >= 0.3 is 0 Å². The average molecular weight is 301 g/mol. The van der Waals surface area contributed by atoms with Crippen LogP contribution in [0.1, 0.15) is 39.0 Å².